The Hall–Kier alpha value is -0.780. The minimum absolute atomic E-state index is 0.0811. The minimum atomic E-state index is -2.97. The van der Waals surface area contributed by atoms with Gasteiger partial charge in [0.1, 0.15) is 5.75 Å². The molecule has 6 heteroatoms. The minimum Gasteiger partial charge on any atom is -0.493 e. The summed E-state index contributed by atoms with van der Waals surface area (Å²) < 4.78 is 28.6. The van der Waals surface area contributed by atoms with Crippen molar-refractivity contribution in [3.8, 4) is 5.75 Å². The third-order valence-electron chi connectivity index (χ3n) is 4.07. The van der Waals surface area contributed by atoms with E-state index < -0.39 is 15.9 Å². The van der Waals surface area contributed by atoms with E-state index in [0.29, 0.717) is 24.5 Å². The molecule has 0 amide bonds. The molecule has 4 nitrogen and oxygen atoms in total. The van der Waals surface area contributed by atoms with Crippen LogP contribution in [0.1, 0.15) is 17.5 Å². The molecule has 0 bridgehead atoms. The normalized spacial score (nSPS) is 25.2. The Labute approximate surface area is 123 Å². The van der Waals surface area contributed by atoms with Crippen LogP contribution in [0, 0.1) is 5.92 Å². The van der Waals surface area contributed by atoms with Crippen LogP contribution in [0.4, 0.5) is 0 Å². The largest absolute Gasteiger partial charge is 0.493 e. The SMILES string of the molecule is O=S1(=O)CCC(C(O)Cc2cc(Cl)cc3c2OCC3)C1. The van der Waals surface area contributed by atoms with Gasteiger partial charge in [0.05, 0.1) is 24.2 Å². The molecule has 1 aromatic carbocycles. The lowest BCUT2D eigenvalue weighted by atomic mass is 9.94. The van der Waals surface area contributed by atoms with Crippen LogP contribution in [0.25, 0.3) is 0 Å². The van der Waals surface area contributed by atoms with Gasteiger partial charge in [0.15, 0.2) is 9.84 Å². The fourth-order valence-corrected chi connectivity index (χ4v) is 5.15. The van der Waals surface area contributed by atoms with Crippen LogP contribution in [-0.4, -0.2) is 37.7 Å². The van der Waals surface area contributed by atoms with Crippen molar-refractivity contribution in [3.05, 3.63) is 28.3 Å². The zero-order valence-corrected chi connectivity index (χ0v) is 12.6. The van der Waals surface area contributed by atoms with Gasteiger partial charge in [-0.15, -0.1) is 0 Å². The molecule has 0 aromatic heterocycles. The van der Waals surface area contributed by atoms with Gasteiger partial charge < -0.3 is 9.84 Å². The van der Waals surface area contributed by atoms with Gasteiger partial charge >= 0.3 is 0 Å². The molecule has 2 aliphatic rings. The fourth-order valence-electron chi connectivity index (χ4n) is 3.02. The van der Waals surface area contributed by atoms with Gasteiger partial charge in [-0.2, -0.15) is 0 Å². The summed E-state index contributed by atoms with van der Waals surface area (Å²) in [6, 6.07) is 3.69. The molecule has 1 saturated heterocycles. The van der Waals surface area contributed by atoms with Crippen molar-refractivity contribution in [1.82, 2.24) is 0 Å². The summed E-state index contributed by atoms with van der Waals surface area (Å²) in [7, 11) is -2.97. The van der Waals surface area contributed by atoms with Gasteiger partial charge in [0, 0.05) is 23.8 Å². The summed E-state index contributed by atoms with van der Waals surface area (Å²) in [6.07, 6.45) is 1.09. The van der Waals surface area contributed by atoms with Crippen molar-refractivity contribution in [2.24, 2.45) is 5.92 Å². The second kappa shape index (κ2) is 5.20. The highest BCUT2D eigenvalue weighted by atomic mass is 35.5. The van der Waals surface area contributed by atoms with Crippen LogP contribution in [0.2, 0.25) is 5.02 Å². The van der Waals surface area contributed by atoms with Crippen molar-refractivity contribution >= 4 is 21.4 Å². The molecule has 110 valence electrons. The molecule has 20 heavy (non-hydrogen) atoms. The highest BCUT2D eigenvalue weighted by Crippen LogP contribution is 2.35. The van der Waals surface area contributed by atoms with Crippen LogP contribution in [0.3, 0.4) is 0 Å². The summed E-state index contributed by atoms with van der Waals surface area (Å²) in [5, 5.41) is 10.9. The Balaban J connectivity index is 1.78. The maximum atomic E-state index is 11.5. The maximum absolute atomic E-state index is 11.5. The molecule has 2 atom stereocenters. The Morgan fingerprint density at radius 2 is 2.25 bits per heavy atom. The lowest BCUT2D eigenvalue weighted by molar-refractivity contribution is 0.119. The highest BCUT2D eigenvalue weighted by Gasteiger charge is 2.33. The zero-order valence-electron chi connectivity index (χ0n) is 11.0. The molecule has 1 N–H and O–H groups in total. The predicted molar refractivity (Wildman–Crippen MR) is 77.1 cm³/mol. The summed E-state index contributed by atoms with van der Waals surface area (Å²) in [5.41, 5.74) is 1.94. The molecule has 2 unspecified atom stereocenters. The zero-order chi connectivity index (χ0) is 14.3. The number of hydrogen-bond donors (Lipinski definition) is 1. The van der Waals surface area contributed by atoms with E-state index >= 15 is 0 Å². The summed E-state index contributed by atoms with van der Waals surface area (Å²) in [4.78, 5) is 0. The number of ether oxygens (including phenoxy) is 1. The molecule has 0 spiro atoms. The average Bonchev–Trinajstić information content (AvgIpc) is 2.95. The fraction of sp³-hybridized carbons (Fsp3) is 0.571. The van der Waals surface area contributed by atoms with Gasteiger partial charge in [0.25, 0.3) is 0 Å². The Bertz CT molecular complexity index is 626. The van der Waals surface area contributed by atoms with Crippen molar-refractivity contribution in [3.63, 3.8) is 0 Å². The van der Waals surface area contributed by atoms with Crippen molar-refractivity contribution in [2.75, 3.05) is 18.1 Å². The van der Waals surface area contributed by atoms with Crippen LogP contribution >= 0.6 is 11.6 Å². The van der Waals surface area contributed by atoms with E-state index in [1.807, 2.05) is 6.07 Å². The first kappa shape index (κ1) is 14.2. The second-order valence-corrected chi connectivity index (χ2v) is 8.25. The molecule has 2 aliphatic heterocycles. The van der Waals surface area contributed by atoms with Gasteiger partial charge in [-0.05, 0) is 29.7 Å². The molecule has 1 fully saturated rings. The van der Waals surface area contributed by atoms with Crippen LogP contribution in [0.15, 0.2) is 12.1 Å². The van der Waals surface area contributed by atoms with Crippen LogP contribution in [0.5, 0.6) is 5.75 Å². The van der Waals surface area contributed by atoms with E-state index in [1.165, 1.54) is 0 Å². The first-order valence-corrected chi connectivity index (χ1v) is 8.97. The Morgan fingerprint density at radius 3 is 2.95 bits per heavy atom. The number of sulfone groups is 1. The number of fused-ring (bicyclic) bond motifs is 1. The standard InChI is InChI=1S/C14H17ClO4S/c15-12-5-9-1-3-19-14(9)11(6-12)7-13(16)10-2-4-20(17,18)8-10/h5-6,10,13,16H,1-4,7-8H2. The van der Waals surface area contributed by atoms with E-state index in [9.17, 15) is 13.5 Å². The van der Waals surface area contributed by atoms with E-state index in [4.69, 9.17) is 16.3 Å². The Morgan fingerprint density at radius 1 is 1.45 bits per heavy atom. The molecular formula is C14H17ClO4S. The molecule has 3 rings (SSSR count). The molecule has 0 saturated carbocycles. The van der Waals surface area contributed by atoms with Crippen LogP contribution in [-0.2, 0) is 22.7 Å². The number of aliphatic hydroxyl groups excluding tert-OH is 1. The lowest BCUT2D eigenvalue weighted by Crippen LogP contribution is -2.24. The highest BCUT2D eigenvalue weighted by molar-refractivity contribution is 7.91. The third kappa shape index (κ3) is 2.80. The molecule has 0 aliphatic carbocycles. The second-order valence-electron chi connectivity index (χ2n) is 5.59. The number of aliphatic hydroxyl groups is 1. The monoisotopic (exact) mass is 316 g/mol. The van der Waals surface area contributed by atoms with E-state index in [0.717, 1.165) is 23.3 Å². The maximum Gasteiger partial charge on any atom is 0.150 e. The van der Waals surface area contributed by atoms with Crippen molar-refractivity contribution in [2.45, 2.75) is 25.4 Å². The van der Waals surface area contributed by atoms with E-state index in [1.54, 1.807) is 6.07 Å². The molecular weight excluding hydrogens is 300 g/mol. The quantitative estimate of drug-likeness (QED) is 0.920. The molecule has 1 aromatic rings. The topological polar surface area (TPSA) is 63.6 Å². The van der Waals surface area contributed by atoms with Gasteiger partial charge in [-0.25, -0.2) is 8.42 Å². The van der Waals surface area contributed by atoms with Gasteiger partial charge in [-0.3, -0.25) is 0 Å². The van der Waals surface area contributed by atoms with Gasteiger partial charge in [-0.1, -0.05) is 11.6 Å². The number of benzene rings is 1. The van der Waals surface area contributed by atoms with Crippen LogP contribution < -0.4 is 4.74 Å². The summed E-state index contributed by atoms with van der Waals surface area (Å²) in [5.74, 6) is 0.891. The van der Waals surface area contributed by atoms with Crippen molar-refractivity contribution in [1.29, 1.82) is 0 Å². The first-order chi connectivity index (χ1) is 9.44. The summed E-state index contributed by atoms with van der Waals surface area (Å²) >= 11 is 6.08. The average molecular weight is 317 g/mol. The summed E-state index contributed by atoms with van der Waals surface area (Å²) in [6.45, 7) is 0.635. The van der Waals surface area contributed by atoms with E-state index in [2.05, 4.69) is 0 Å². The lowest BCUT2D eigenvalue weighted by Gasteiger charge is -2.18. The van der Waals surface area contributed by atoms with Crippen molar-refractivity contribution < 1.29 is 18.3 Å². The predicted octanol–water partition coefficient (Wildman–Crippen LogP) is 1.61. The number of halogens is 1. The number of rotatable bonds is 3. The van der Waals surface area contributed by atoms with Gasteiger partial charge in [0.2, 0.25) is 0 Å². The molecule has 2 heterocycles. The smallest absolute Gasteiger partial charge is 0.150 e. The van der Waals surface area contributed by atoms with E-state index in [-0.39, 0.29) is 17.4 Å². The third-order valence-corrected chi connectivity index (χ3v) is 6.08. The Kier molecular flexibility index (Phi) is 3.69. The first-order valence-electron chi connectivity index (χ1n) is 6.77. The molecule has 0 radical (unpaired) electrons. The number of hydrogen-bond acceptors (Lipinski definition) is 4.